The van der Waals surface area contributed by atoms with Crippen LogP contribution in [0.3, 0.4) is 0 Å². The molecule has 1 N–H and O–H groups in total. The van der Waals surface area contributed by atoms with Crippen LogP contribution in [0, 0.1) is 22.7 Å². The number of rotatable bonds is 2. The quantitative estimate of drug-likeness (QED) is 0.876. The van der Waals surface area contributed by atoms with Gasteiger partial charge in [0, 0.05) is 11.6 Å². The van der Waals surface area contributed by atoms with Gasteiger partial charge in [-0.1, -0.05) is 26.7 Å². The Morgan fingerprint density at radius 3 is 2.58 bits per heavy atom. The molecule has 0 aromatic heterocycles. The lowest BCUT2D eigenvalue weighted by molar-refractivity contribution is -0.124. The molecule has 19 heavy (non-hydrogen) atoms. The van der Waals surface area contributed by atoms with E-state index in [0.717, 1.165) is 24.9 Å². The standard InChI is InChI=1S/C16H20N2O/c1-16(2)10-4-3-5-14(16)15(19)18-13-8-6-12(11-17)7-9-13/h6-9,14H,3-5,10H2,1-2H3,(H,18,19). The Labute approximate surface area is 114 Å². The molecule has 1 fully saturated rings. The molecule has 1 unspecified atom stereocenters. The Hall–Kier alpha value is -1.82. The van der Waals surface area contributed by atoms with Crippen LogP contribution >= 0.6 is 0 Å². The molecule has 100 valence electrons. The molecule has 1 aliphatic carbocycles. The van der Waals surface area contributed by atoms with E-state index in [4.69, 9.17) is 5.26 Å². The number of nitriles is 1. The molecule has 0 aliphatic heterocycles. The number of carbonyl (C=O) groups excluding carboxylic acids is 1. The van der Waals surface area contributed by atoms with Gasteiger partial charge in [0.1, 0.15) is 0 Å². The van der Waals surface area contributed by atoms with E-state index in [1.54, 1.807) is 24.3 Å². The highest BCUT2D eigenvalue weighted by Crippen LogP contribution is 2.41. The third-order valence-corrected chi connectivity index (χ3v) is 4.11. The number of hydrogen-bond acceptors (Lipinski definition) is 2. The zero-order valence-electron chi connectivity index (χ0n) is 11.6. The van der Waals surface area contributed by atoms with Crippen LogP contribution in [-0.2, 0) is 4.79 Å². The van der Waals surface area contributed by atoms with Crippen LogP contribution in [0.15, 0.2) is 24.3 Å². The molecular formula is C16H20N2O. The van der Waals surface area contributed by atoms with Gasteiger partial charge < -0.3 is 5.32 Å². The molecule has 1 aromatic carbocycles. The van der Waals surface area contributed by atoms with Crippen LogP contribution < -0.4 is 5.32 Å². The van der Waals surface area contributed by atoms with Gasteiger partial charge in [0.25, 0.3) is 0 Å². The van der Waals surface area contributed by atoms with Crippen molar-refractivity contribution < 1.29 is 4.79 Å². The van der Waals surface area contributed by atoms with Gasteiger partial charge in [0.2, 0.25) is 5.91 Å². The van der Waals surface area contributed by atoms with E-state index in [1.165, 1.54) is 6.42 Å². The van der Waals surface area contributed by atoms with E-state index in [9.17, 15) is 4.79 Å². The lowest BCUT2D eigenvalue weighted by Crippen LogP contribution is -2.37. The predicted octanol–water partition coefficient (Wildman–Crippen LogP) is 3.71. The number of benzene rings is 1. The van der Waals surface area contributed by atoms with Crippen LogP contribution in [0.25, 0.3) is 0 Å². The number of nitrogens with one attached hydrogen (secondary N) is 1. The van der Waals surface area contributed by atoms with Crippen LogP contribution in [-0.4, -0.2) is 5.91 Å². The van der Waals surface area contributed by atoms with E-state index in [1.807, 2.05) is 0 Å². The van der Waals surface area contributed by atoms with Gasteiger partial charge in [-0.3, -0.25) is 4.79 Å². The summed E-state index contributed by atoms with van der Waals surface area (Å²) in [5.41, 5.74) is 1.45. The maximum absolute atomic E-state index is 12.4. The molecule has 1 atom stereocenters. The highest BCUT2D eigenvalue weighted by molar-refractivity contribution is 5.93. The number of anilines is 1. The third-order valence-electron chi connectivity index (χ3n) is 4.11. The largest absolute Gasteiger partial charge is 0.326 e. The predicted molar refractivity (Wildman–Crippen MR) is 75.5 cm³/mol. The monoisotopic (exact) mass is 256 g/mol. The summed E-state index contributed by atoms with van der Waals surface area (Å²) in [5.74, 6) is 0.186. The first-order valence-corrected chi connectivity index (χ1v) is 6.84. The van der Waals surface area contributed by atoms with Crippen molar-refractivity contribution in [3.8, 4) is 6.07 Å². The van der Waals surface area contributed by atoms with Crippen molar-refractivity contribution in [3.63, 3.8) is 0 Å². The lowest BCUT2D eigenvalue weighted by atomic mass is 9.68. The molecular weight excluding hydrogens is 236 g/mol. The minimum absolute atomic E-state index is 0.0783. The van der Waals surface area contributed by atoms with E-state index in [0.29, 0.717) is 5.56 Å². The van der Waals surface area contributed by atoms with Crippen molar-refractivity contribution >= 4 is 11.6 Å². The molecule has 0 spiro atoms. The molecule has 3 nitrogen and oxygen atoms in total. The van der Waals surface area contributed by atoms with Gasteiger partial charge in [-0.05, 0) is 42.5 Å². The summed E-state index contributed by atoms with van der Waals surface area (Å²) >= 11 is 0. The fourth-order valence-corrected chi connectivity index (χ4v) is 2.84. The van der Waals surface area contributed by atoms with Crippen molar-refractivity contribution in [2.45, 2.75) is 39.5 Å². The highest BCUT2D eigenvalue weighted by atomic mass is 16.1. The van der Waals surface area contributed by atoms with Gasteiger partial charge in [0.05, 0.1) is 11.6 Å². The van der Waals surface area contributed by atoms with Gasteiger partial charge in [0.15, 0.2) is 0 Å². The fourth-order valence-electron chi connectivity index (χ4n) is 2.84. The summed E-state index contributed by atoms with van der Waals surface area (Å²) in [6.45, 7) is 4.35. The Balaban J connectivity index is 2.05. The smallest absolute Gasteiger partial charge is 0.228 e. The molecule has 0 heterocycles. The maximum Gasteiger partial charge on any atom is 0.228 e. The molecule has 3 heteroatoms. The van der Waals surface area contributed by atoms with Crippen LogP contribution in [0.1, 0.15) is 45.1 Å². The number of hydrogen-bond donors (Lipinski definition) is 1. The van der Waals surface area contributed by atoms with E-state index < -0.39 is 0 Å². The van der Waals surface area contributed by atoms with Crippen molar-refractivity contribution in [1.82, 2.24) is 0 Å². The highest BCUT2D eigenvalue weighted by Gasteiger charge is 2.36. The minimum Gasteiger partial charge on any atom is -0.326 e. The summed E-state index contributed by atoms with van der Waals surface area (Å²) < 4.78 is 0. The van der Waals surface area contributed by atoms with Gasteiger partial charge in [-0.15, -0.1) is 0 Å². The molecule has 1 aliphatic rings. The van der Waals surface area contributed by atoms with Gasteiger partial charge in [-0.2, -0.15) is 5.26 Å². The Morgan fingerprint density at radius 1 is 1.32 bits per heavy atom. The molecule has 2 rings (SSSR count). The first kappa shape index (κ1) is 13.6. The number of amides is 1. The molecule has 1 amide bonds. The third kappa shape index (κ3) is 3.14. The second-order valence-corrected chi connectivity index (χ2v) is 5.97. The van der Waals surface area contributed by atoms with Crippen LogP contribution in [0.2, 0.25) is 0 Å². The molecule has 0 radical (unpaired) electrons. The zero-order valence-corrected chi connectivity index (χ0v) is 11.6. The van der Waals surface area contributed by atoms with E-state index >= 15 is 0 Å². The summed E-state index contributed by atoms with van der Waals surface area (Å²) in [5, 5.41) is 11.7. The maximum atomic E-state index is 12.4. The Kier molecular flexibility index (Phi) is 3.90. The van der Waals surface area contributed by atoms with Crippen molar-refractivity contribution in [1.29, 1.82) is 5.26 Å². The zero-order chi connectivity index (χ0) is 13.9. The van der Waals surface area contributed by atoms with Crippen LogP contribution in [0.5, 0.6) is 0 Å². The molecule has 0 saturated heterocycles. The minimum atomic E-state index is 0.0783. The molecule has 1 aromatic rings. The number of carbonyl (C=O) groups is 1. The van der Waals surface area contributed by atoms with Crippen molar-refractivity contribution in [2.24, 2.45) is 11.3 Å². The topological polar surface area (TPSA) is 52.9 Å². The summed E-state index contributed by atoms with van der Waals surface area (Å²) in [4.78, 5) is 12.4. The van der Waals surface area contributed by atoms with E-state index in [-0.39, 0.29) is 17.2 Å². The van der Waals surface area contributed by atoms with Crippen molar-refractivity contribution in [3.05, 3.63) is 29.8 Å². The molecule has 0 bridgehead atoms. The van der Waals surface area contributed by atoms with Gasteiger partial charge >= 0.3 is 0 Å². The fraction of sp³-hybridized carbons (Fsp3) is 0.500. The van der Waals surface area contributed by atoms with Gasteiger partial charge in [-0.25, -0.2) is 0 Å². The lowest BCUT2D eigenvalue weighted by Gasteiger charge is -2.37. The Bertz CT molecular complexity index is 496. The second-order valence-electron chi connectivity index (χ2n) is 5.97. The normalized spacial score (nSPS) is 21.4. The SMILES string of the molecule is CC1(C)CCCCC1C(=O)Nc1ccc(C#N)cc1. The first-order chi connectivity index (χ1) is 9.03. The second kappa shape index (κ2) is 5.44. The average molecular weight is 256 g/mol. The van der Waals surface area contributed by atoms with Crippen molar-refractivity contribution in [2.75, 3.05) is 5.32 Å². The Morgan fingerprint density at radius 2 is 2.00 bits per heavy atom. The van der Waals surface area contributed by atoms with E-state index in [2.05, 4.69) is 25.2 Å². The first-order valence-electron chi connectivity index (χ1n) is 6.84. The number of nitrogens with zero attached hydrogens (tertiary/aromatic N) is 1. The summed E-state index contributed by atoms with van der Waals surface area (Å²) in [6, 6.07) is 9.09. The molecule has 1 saturated carbocycles. The summed E-state index contributed by atoms with van der Waals surface area (Å²) in [7, 11) is 0. The van der Waals surface area contributed by atoms with Crippen LogP contribution in [0.4, 0.5) is 5.69 Å². The average Bonchev–Trinajstić information content (AvgIpc) is 2.39. The summed E-state index contributed by atoms with van der Waals surface area (Å²) in [6.07, 6.45) is 4.43.